The van der Waals surface area contributed by atoms with Gasteiger partial charge in [0, 0.05) is 6.42 Å². The van der Waals surface area contributed by atoms with E-state index in [1.165, 1.54) is 5.56 Å². The predicted octanol–water partition coefficient (Wildman–Crippen LogP) is 4.50. The lowest BCUT2D eigenvalue weighted by Crippen LogP contribution is -2.30. The molecule has 140 valence electrons. The highest BCUT2D eigenvalue weighted by Crippen LogP contribution is 2.19. The third-order valence-electron chi connectivity index (χ3n) is 4.92. The second-order valence-corrected chi connectivity index (χ2v) is 6.97. The van der Waals surface area contributed by atoms with Gasteiger partial charge in [-0.05, 0) is 30.2 Å². The first-order valence-corrected chi connectivity index (χ1v) is 9.53. The van der Waals surface area contributed by atoms with Gasteiger partial charge < -0.3 is 9.88 Å². The number of hydrogen-bond donors (Lipinski definition) is 1. The third-order valence-corrected chi connectivity index (χ3v) is 4.92. The summed E-state index contributed by atoms with van der Waals surface area (Å²) in [5, 5.41) is 3.10. The summed E-state index contributed by atoms with van der Waals surface area (Å²) in [6.45, 7) is 2.25. The largest absolute Gasteiger partial charge is 0.348 e. The van der Waals surface area contributed by atoms with Crippen LogP contribution in [0.4, 0.5) is 0 Å². The fraction of sp³-hybridized carbons (Fsp3) is 0.167. The fourth-order valence-electron chi connectivity index (χ4n) is 3.47. The van der Waals surface area contributed by atoms with Crippen LogP contribution in [0.1, 0.15) is 29.9 Å². The maximum absolute atomic E-state index is 12.8. The Morgan fingerprint density at radius 1 is 0.929 bits per heavy atom. The molecule has 0 saturated heterocycles. The summed E-state index contributed by atoms with van der Waals surface area (Å²) < 4.78 is 2.02. The van der Waals surface area contributed by atoms with Crippen LogP contribution < -0.4 is 5.32 Å². The summed E-state index contributed by atoms with van der Waals surface area (Å²) in [5.41, 5.74) is 4.17. The molecule has 1 aromatic heterocycles. The van der Waals surface area contributed by atoms with Gasteiger partial charge in [0.25, 0.3) is 0 Å². The Morgan fingerprint density at radius 2 is 1.57 bits per heavy atom. The average molecular weight is 369 g/mol. The van der Waals surface area contributed by atoms with Crippen LogP contribution in [0.25, 0.3) is 11.0 Å². The molecule has 1 unspecified atom stereocenters. The second-order valence-electron chi connectivity index (χ2n) is 6.97. The van der Waals surface area contributed by atoms with Crippen molar-refractivity contribution in [2.45, 2.75) is 25.9 Å². The lowest BCUT2D eigenvalue weighted by molar-refractivity contribution is -0.122. The zero-order chi connectivity index (χ0) is 19.3. The van der Waals surface area contributed by atoms with E-state index in [-0.39, 0.29) is 18.5 Å². The number of para-hydroxylation sites is 2. The van der Waals surface area contributed by atoms with Crippen LogP contribution in [-0.2, 0) is 17.8 Å². The van der Waals surface area contributed by atoms with E-state index in [0.717, 1.165) is 22.4 Å². The van der Waals surface area contributed by atoms with Crippen LogP contribution in [0.5, 0.6) is 0 Å². The Hall–Kier alpha value is -3.40. The zero-order valence-corrected chi connectivity index (χ0v) is 15.9. The van der Waals surface area contributed by atoms with Gasteiger partial charge in [0.05, 0.1) is 17.1 Å². The van der Waals surface area contributed by atoms with Crippen LogP contribution in [0.15, 0.2) is 84.9 Å². The van der Waals surface area contributed by atoms with E-state index in [1.54, 1.807) is 0 Å². The van der Waals surface area contributed by atoms with Gasteiger partial charge in [0.15, 0.2) is 0 Å². The minimum atomic E-state index is -0.0407. The van der Waals surface area contributed by atoms with E-state index in [4.69, 9.17) is 4.98 Å². The van der Waals surface area contributed by atoms with Crippen molar-refractivity contribution in [3.8, 4) is 0 Å². The van der Waals surface area contributed by atoms with Crippen LogP contribution >= 0.6 is 0 Å². The van der Waals surface area contributed by atoms with Crippen LogP contribution in [-0.4, -0.2) is 15.5 Å². The molecule has 1 atom stereocenters. The molecule has 28 heavy (non-hydrogen) atoms. The van der Waals surface area contributed by atoms with Gasteiger partial charge in [0.1, 0.15) is 12.4 Å². The highest BCUT2D eigenvalue weighted by atomic mass is 16.2. The molecule has 1 N–H and O–H groups in total. The van der Waals surface area contributed by atoms with Gasteiger partial charge in [-0.15, -0.1) is 0 Å². The van der Waals surface area contributed by atoms with Gasteiger partial charge in [-0.25, -0.2) is 4.98 Å². The Labute approximate surface area is 164 Å². The van der Waals surface area contributed by atoms with Gasteiger partial charge in [0.2, 0.25) is 5.91 Å². The summed E-state index contributed by atoms with van der Waals surface area (Å²) >= 11 is 0. The number of imidazole rings is 1. The highest BCUT2D eigenvalue weighted by Gasteiger charge is 2.15. The smallest absolute Gasteiger partial charge is 0.240 e. The SMILES string of the molecule is CC(NC(=O)Cn1c(Cc2ccccc2)nc2ccccc21)c1ccccc1. The van der Waals surface area contributed by atoms with Crippen molar-refractivity contribution in [2.75, 3.05) is 0 Å². The normalized spacial score (nSPS) is 12.0. The van der Waals surface area contributed by atoms with Crippen molar-refractivity contribution in [3.63, 3.8) is 0 Å². The van der Waals surface area contributed by atoms with Gasteiger partial charge in [-0.1, -0.05) is 72.8 Å². The van der Waals surface area contributed by atoms with Crippen molar-refractivity contribution in [2.24, 2.45) is 0 Å². The van der Waals surface area contributed by atoms with E-state index in [9.17, 15) is 4.79 Å². The monoisotopic (exact) mass is 369 g/mol. The molecule has 0 aliphatic rings. The summed E-state index contributed by atoms with van der Waals surface area (Å²) in [4.78, 5) is 17.6. The van der Waals surface area contributed by atoms with Gasteiger partial charge in [-0.3, -0.25) is 4.79 Å². The molecule has 4 heteroatoms. The Kier molecular flexibility index (Phi) is 5.20. The molecule has 4 aromatic rings. The second kappa shape index (κ2) is 8.09. The lowest BCUT2D eigenvalue weighted by atomic mass is 10.1. The summed E-state index contributed by atoms with van der Waals surface area (Å²) in [7, 11) is 0. The van der Waals surface area contributed by atoms with Crippen LogP contribution in [0.3, 0.4) is 0 Å². The first-order chi connectivity index (χ1) is 13.7. The number of nitrogens with one attached hydrogen (secondary N) is 1. The highest BCUT2D eigenvalue weighted by molar-refractivity contribution is 5.81. The Balaban J connectivity index is 1.58. The maximum Gasteiger partial charge on any atom is 0.240 e. The quantitative estimate of drug-likeness (QED) is 0.544. The van der Waals surface area contributed by atoms with Crippen molar-refractivity contribution in [3.05, 3.63) is 102 Å². The molecule has 4 nitrogen and oxygen atoms in total. The number of hydrogen-bond acceptors (Lipinski definition) is 2. The number of rotatable bonds is 6. The molecule has 1 amide bonds. The molecular formula is C24H23N3O. The van der Waals surface area contributed by atoms with E-state index in [0.29, 0.717) is 6.42 Å². The van der Waals surface area contributed by atoms with Gasteiger partial charge >= 0.3 is 0 Å². The lowest BCUT2D eigenvalue weighted by Gasteiger charge is -2.16. The van der Waals surface area contributed by atoms with E-state index in [1.807, 2.05) is 84.3 Å². The van der Waals surface area contributed by atoms with Crippen molar-refractivity contribution in [1.82, 2.24) is 14.9 Å². The molecule has 0 radical (unpaired) electrons. The number of amides is 1. The Bertz CT molecular complexity index is 1070. The molecule has 0 aliphatic carbocycles. The molecular weight excluding hydrogens is 346 g/mol. The predicted molar refractivity (Wildman–Crippen MR) is 112 cm³/mol. The first-order valence-electron chi connectivity index (χ1n) is 9.53. The molecule has 4 rings (SSSR count). The van der Waals surface area contributed by atoms with Crippen LogP contribution in [0.2, 0.25) is 0 Å². The van der Waals surface area contributed by atoms with Crippen molar-refractivity contribution in [1.29, 1.82) is 0 Å². The molecule has 0 fully saturated rings. The molecule has 1 heterocycles. The fourth-order valence-corrected chi connectivity index (χ4v) is 3.47. The number of carbonyl (C=O) groups excluding carboxylic acids is 1. The number of benzene rings is 3. The molecule has 3 aromatic carbocycles. The number of fused-ring (bicyclic) bond motifs is 1. The van der Waals surface area contributed by atoms with Crippen molar-refractivity contribution >= 4 is 16.9 Å². The molecule has 0 spiro atoms. The first kappa shape index (κ1) is 18.0. The minimum absolute atomic E-state index is 0.0196. The van der Waals surface area contributed by atoms with E-state index < -0.39 is 0 Å². The van der Waals surface area contributed by atoms with E-state index >= 15 is 0 Å². The summed E-state index contributed by atoms with van der Waals surface area (Å²) in [6, 6.07) is 28.2. The zero-order valence-electron chi connectivity index (χ0n) is 15.9. The summed E-state index contributed by atoms with van der Waals surface area (Å²) in [6.07, 6.45) is 0.692. The van der Waals surface area contributed by atoms with E-state index in [2.05, 4.69) is 17.4 Å². The molecule has 0 bridgehead atoms. The minimum Gasteiger partial charge on any atom is -0.348 e. The van der Waals surface area contributed by atoms with Crippen LogP contribution in [0, 0.1) is 0 Å². The molecule has 0 aliphatic heterocycles. The third kappa shape index (κ3) is 3.96. The van der Waals surface area contributed by atoms with Gasteiger partial charge in [-0.2, -0.15) is 0 Å². The number of carbonyl (C=O) groups is 1. The number of nitrogens with zero attached hydrogens (tertiary/aromatic N) is 2. The van der Waals surface area contributed by atoms with Crippen molar-refractivity contribution < 1.29 is 4.79 Å². The molecule has 0 saturated carbocycles. The Morgan fingerprint density at radius 3 is 2.32 bits per heavy atom. The number of aromatic nitrogens is 2. The standard InChI is InChI=1S/C24H23N3O/c1-18(20-12-6-3-7-13-20)25-24(28)17-27-22-15-9-8-14-21(22)26-23(27)16-19-10-4-2-5-11-19/h2-15,18H,16-17H2,1H3,(H,25,28). The average Bonchev–Trinajstić information content (AvgIpc) is 3.06. The topological polar surface area (TPSA) is 46.9 Å². The summed E-state index contributed by atoms with van der Waals surface area (Å²) in [5.74, 6) is 0.878. The maximum atomic E-state index is 12.8.